The highest BCUT2D eigenvalue weighted by molar-refractivity contribution is 5.99. The first-order valence-electron chi connectivity index (χ1n) is 11.4. The molecule has 2 N–H and O–H groups in total. The van der Waals surface area contributed by atoms with Gasteiger partial charge in [0, 0.05) is 11.8 Å². The van der Waals surface area contributed by atoms with Gasteiger partial charge in [-0.2, -0.15) is 13.2 Å². The minimum absolute atomic E-state index is 0.0407. The van der Waals surface area contributed by atoms with Gasteiger partial charge in [-0.25, -0.2) is 4.99 Å². The highest BCUT2D eigenvalue weighted by Crippen LogP contribution is 2.73. The molecule has 1 aromatic rings. The van der Waals surface area contributed by atoms with Gasteiger partial charge in [0.2, 0.25) is 0 Å². The van der Waals surface area contributed by atoms with Crippen LogP contribution in [0.5, 0.6) is 0 Å². The molecule has 0 saturated heterocycles. The molecule has 4 bridgehead atoms. The van der Waals surface area contributed by atoms with Gasteiger partial charge < -0.3 is 5.73 Å². The minimum atomic E-state index is -4.22. The lowest BCUT2D eigenvalue weighted by molar-refractivity contribution is -0.129. The SMILES string of the molecule is NC1CCC(=NC(=O)C23CC4CC(c5ccccc5)(CC2/C4=C\CC(F)(F)F)C3)CC1. The van der Waals surface area contributed by atoms with Crippen molar-refractivity contribution in [1.82, 2.24) is 0 Å². The molecule has 0 radical (unpaired) electrons. The zero-order valence-electron chi connectivity index (χ0n) is 17.6. The third-order valence-electron chi connectivity index (χ3n) is 8.29. The Bertz CT molecular complexity index is 928. The average molecular weight is 431 g/mol. The van der Waals surface area contributed by atoms with Crippen LogP contribution in [0.4, 0.5) is 13.2 Å². The van der Waals surface area contributed by atoms with Gasteiger partial charge in [-0.05, 0) is 74.2 Å². The van der Waals surface area contributed by atoms with Crippen molar-refractivity contribution >= 4 is 11.6 Å². The van der Waals surface area contributed by atoms with E-state index in [0.29, 0.717) is 12.8 Å². The van der Waals surface area contributed by atoms with Crippen LogP contribution in [-0.2, 0) is 10.2 Å². The number of hydrogen-bond donors (Lipinski definition) is 1. The van der Waals surface area contributed by atoms with Crippen molar-refractivity contribution in [3.63, 3.8) is 0 Å². The van der Waals surface area contributed by atoms with Crippen LogP contribution in [-0.4, -0.2) is 23.8 Å². The second-order valence-corrected chi connectivity index (χ2v) is 10.2. The molecule has 0 aromatic heterocycles. The first kappa shape index (κ1) is 20.9. The van der Waals surface area contributed by atoms with Crippen molar-refractivity contribution in [3.8, 4) is 0 Å². The fourth-order valence-electron chi connectivity index (χ4n) is 7.02. The number of nitrogens with two attached hydrogens (primary N) is 1. The summed E-state index contributed by atoms with van der Waals surface area (Å²) in [6, 6.07) is 10.4. The topological polar surface area (TPSA) is 55.4 Å². The van der Waals surface area contributed by atoms with Crippen LogP contribution in [0, 0.1) is 17.3 Å². The highest BCUT2D eigenvalue weighted by atomic mass is 19.4. The number of carbonyl (C=O) groups is 1. The Balaban J connectivity index is 1.50. The Morgan fingerprint density at radius 3 is 2.52 bits per heavy atom. The molecule has 6 rings (SSSR count). The second-order valence-electron chi connectivity index (χ2n) is 10.2. The molecule has 0 heterocycles. The Labute approximate surface area is 181 Å². The van der Waals surface area contributed by atoms with Crippen molar-refractivity contribution in [1.29, 1.82) is 0 Å². The van der Waals surface area contributed by atoms with E-state index in [1.54, 1.807) is 0 Å². The Kier molecular flexibility index (Phi) is 4.92. The molecule has 5 saturated carbocycles. The molecular weight excluding hydrogens is 401 g/mol. The maximum Gasteiger partial charge on any atom is 0.392 e. The van der Waals surface area contributed by atoms with E-state index in [9.17, 15) is 18.0 Å². The zero-order chi connectivity index (χ0) is 21.9. The first-order valence-corrected chi connectivity index (χ1v) is 11.4. The molecule has 4 atom stereocenters. The molecule has 6 heteroatoms. The molecule has 166 valence electrons. The summed E-state index contributed by atoms with van der Waals surface area (Å²) in [5.74, 6) is -0.184. The largest absolute Gasteiger partial charge is 0.392 e. The molecule has 1 amide bonds. The van der Waals surface area contributed by atoms with E-state index < -0.39 is 18.0 Å². The standard InChI is InChI=1S/C25H29F3N2O/c26-25(27,28)11-10-20-16-12-23(17-4-2-1-3-5-17)14-21(20)24(13-16,15-23)22(31)30-19-8-6-18(29)7-9-19/h1-5,10,16,18,21H,6-9,11-15,29H2/b20-10-,30-19?. The van der Waals surface area contributed by atoms with E-state index in [2.05, 4.69) is 17.1 Å². The molecule has 0 aliphatic heterocycles. The summed E-state index contributed by atoms with van der Waals surface area (Å²) in [6.45, 7) is 0. The lowest BCUT2D eigenvalue weighted by Gasteiger charge is -2.41. The molecule has 5 fully saturated rings. The summed E-state index contributed by atoms with van der Waals surface area (Å²) in [6.07, 6.45) is 2.36. The van der Waals surface area contributed by atoms with Crippen LogP contribution >= 0.6 is 0 Å². The van der Waals surface area contributed by atoms with Crippen LogP contribution in [0.15, 0.2) is 47.0 Å². The monoisotopic (exact) mass is 430 g/mol. The van der Waals surface area contributed by atoms with Crippen LogP contribution < -0.4 is 5.73 Å². The summed E-state index contributed by atoms with van der Waals surface area (Å²) in [4.78, 5) is 18.2. The number of amides is 1. The van der Waals surface area contributed by atoms with Gasteiger partial charge >= 0.3 is 6.18 Å². The number of rotatable bonds is 3. The van der Waals surface area contributed by atoms with Gasteiger partial charge in [0.15, 0.2) is 0 Å². The Morgan fingerprint density at radius 2 is 1.84 bits per heavy atom. The van der Waals surface area contributed by atoms with Crippen LogP contribution in [0.3, 0.4) is 0 Å². The smallest absolute Gasteiger partial charge is 0.328 e. The van der Waals surface area contributed by atoms with Crippen molar-refractivity contribution in [2.45, 2.75) is 75.4 Å². The number of carbonyl (C=O) groups excluding carboxylic acids is 1. The second kappa shape index (κ2) is 7.29. The van der Waals surface area contributed by atoms with E-state index in [0.717, 1.165) is 49.8 Å². The summed E-state index contributed by atoms with van der Waals surface area (Å²) in [5, 5.41) is 0. The highest BCUT2D eigenvalue weighted by Gasteiger charge is 2.69. The fraction of sp³-hybridized carbons (Fsp3) is 0.600. The van der Waals surface area contributed by atoms with E-state index in [-0.39, 0.29) is 29.2 Å². The van der Waals surface area contributed by atoms with E-state index in [1.807, 2.05) is 18.2 Å². The van der Waals surface area contributed by atoms with E-state index >= 15 is 0 Å². The fourth-order valence-corrected chi connectivity index (χ4v) is 7.02. The van der Waals surface area contributed by atoms with E-state index in [1.165, 1.54) is 11.6 Å². The number of alkyl halides is 3. The summed E-state index contributed by atoms with van der Waals surface area (Å²) in [7, 11) is 0. The van der Waals surface area contributed by atoms with Crippen molar-refractivity contribution < 1.29 is 18.0 Å². The van der Waals surface area contributed by atoms with Gasteiger partial charge in [0.1, 0.15) is 0 Å². The van der Waals surface area contributed by atoms with Crippen molar-refractivity contribution in [2.24, 2.45) is 28.0 Å². The van der Waals surface area contributed by atoms with Gasteiger partial charge in [-0.3, -0.25) is 4.79 Å². The molecule has 5 aliphatic rings. The summed E-state index contributed by atoms with van der Waals surface area (Å²) >= 11 is 0. The predicted molar refractivity (Wildman–Crippen MR) is 114 cm³/mol. The number of benzene rings is 1. The molecular formula is C25H29F3N2O. The lowest BCUT2D eigenvalue weighted by Crippen LogP contribution is -2.37. The number of hydrogen-bond acceptors (Lipinski definition) is 2. The number of nitrogens with zero attached hydrogens (tertiary/aromatic N) is 1. The maximum atomic E-state index is 13.6. The van der Waals surface area contributed by atoms with Crippen LogP contribution in [0.25, 0.3) is 0 Å². The normalized spacial score (nSPS) is 38.1. The van der Waals surface area contributed by atoms with Crippen molar-refractivity contribution in [3.05, 3.63) is 47.5 Å². The lowest BCUT2D eigenvalue weighted by atomic mass is 9.63. The predicted octanol–water partition coefficient (Wildman–Crippen LogP) is 5.49. The van der Waals surface area contributed by atoms with Crippen LogP contribution in [0.2, 0.25) is 0 Å². The molecule has 31 heavy (non-hydrogen) atoms. The molecule has 0 spiro atoms. The first-order chi connectivity index (χ1) is 14.7. The third kappa shape index (κ3) is 3.57. The minimum Gasteiger partial charge on any atom is -0.328 e. The van der Waals surface area contributed by atoms with Gasteiger partial charge in [-0.15, -0.1) is 0 Å². The molecule has 3 nitrogen and oxygen atoms in total. The van der Waals surface area contributed by atoms with Crippen molar-refractivity contribution in [2.75, 3.05) is 0 Å². The molecule has 4 unspecified atom stereocenters. The number of aliphatic imine (C=N–C) groups is 1. The quantitative estimate of drug-likeness (QED) is 0.645. The van der Waals surface area contributed by atoms with Gasteiger partial charge in [0.05, 0.1) is 11.8 Å². The maximum absolute atomic E-state index is 13.6. The zero-order valence-corrected chi connectivity index (χ0v) is 17.6. The summed E-state index contributed by atoms with van der Waals surface area (Å²) < 4.78 is 39.0. The molecule has 5 aliphatic carbocycles. The van der Waals surface area contributed by atoms with Gasteiger partial charge in [-0.1, -0.05) is 42.0 Å². The van der Waals surface area contributed by atoms with E-state index in [4.69, 9.17) is 5.73 Å². The number of halogens is 3. The average Bonchev–Trinajstić information content (AvgIpc) is 3.11. The third-order valence-corrected chi connectivity index (χ3v) is 8.29. The molecule has 1 aromatic carbocycles. The Hall–Kier alpha value is -1.95. The Morgan fingerprint density at radius 1 is 1.13 bits per heavy atom. The number of allylic oxidation sites excluding steroid dienone is 2. The van der Waals surface area contributed by atoms with Crippen LogP contribution in [0.1, 0.15) is 63.4 Å². The van der Waals surface area contributed by atoms with Gasteiger partial charge in [0.25, 0.3) is 5.91 Å². The summed E-state index contributed by atoms with van der Waals surface area (Å²) in [5.41, 5.74) is 8.20.